The van der Waals surface area contributed by atoms with Gasteiger partial charge in [-0.1, -0.05) is 35.9 Å². The molecule has 25 heavy (non-hydrogen) atoms. The molecule has 0 aliphatic heterocycles. The standard InChI is InChI=1S/C17H15ClN4O2S/c18-12-5-2-1-4-11(12)9-20-16(23)10-22-17(24)13(19)8-14(21-22)15-6-3-7-25-15/h1-8H,9-10,19H2,(H,20,23). The largest absolute Gasteiger partial charge is 0.394 e. The number of carbonyl (C=O) groups is 1. The topological polar surface area (TPSA) is 90.0 Å². The molecule has 0 spiro atoms. The predicted octanol–water partition coefficient (Wildman–Crippen LogP) is 2.52. The molecule has 0 aliphatic rings. The molecule has 3 aromatic rings. The molecule has 0 saturated heterocycles. The van der Waals surface area contributed by atoms with Crippen LogP contribution < -0.4 is 16.6 Å². The van der Waals surface area contributed by atoms with Crippen LogP contribution in [0.2, 0.25) is 5.02 Å². The van der Waals surface area contributed by atoms with Crippen LogP contribution in [0.1, 0.15) is 5.56 Å². The van der Waals surface area contributed by atoms with Gasteiger partial charge in [0, 0.05) is 11.6 Å². The normalized spacial score (nSPS) is 10.6. The molecule has 1 amide bonds. The first-order valence-electron chi connectivity index (χ1n) is 7.46. The molecular weight excluding hydrogens is 360 g/mol. The number of aromatic nitrogens is 2. The fraction of sp³-hybridized carbons (Fsp3) is 0.118. The fourth-order valence-electron chi connectivity index (χ4n) is 2.24. The van der Waals surface area contributed by atoms with E-state index in [0.717, 1.165) is 15.1 Å². The number of hydrogen-bond donors (Lipinski definition) is 2. The van der Waals surface area contributed by atoms with Crippen molar-refractivity contribution in [2.24, 2.45) is 0 Å². The number of hydrogen-bond acceptors (Lipinski definition) is 5. The van der Waals surface area contributed by atoms with Crippen molar-refractivity contribution in [1.29, 1.82) is 0 Å². The number of anilines is 1. The number of nitrogens with two attached hydrogens (primary N) is 1. The minimum atomic E-state index is -0.492. The van der Waals surface area contributed by atoms with Gasteiger partial charge in [-0.25, -0.2) is 4.68 Å². The molecule has 0 fully saturated rings. The van der Waals surface area contributed by atoms with E-state index in [1.807, 2.05) is 35.7 Å². The summed E-state index contributed by atoms with van der Waals surface area (Å²) in [4.78, 5) is 25.2. The third kappa shape index (κ3) is 4.07. The predicted molar refractivity (Wildman–Crippen MR) is 99.5 cm³/mol. The SMILES string of the molecule is Nc1cc(-c2cccs2)nn(CC(=O)NCc2ccccc2Cl)c1=O. The summed E-state index contributed by atoms with van der Waals surface area (Å²) in [5, 5.41) is 9.44. The highest BCUT2D eigenvalue weighted by molar-refractivity contribution is 7.13. The van der Waals surface area contributed by atoms with E-state index in [4.69, 9.17) is 17.3 Å². The Morgan fingerprint density at radius 2 is 2.08 bits per heavy atom. The third-order valence-electron chi connectivity index (χ3n) is 3.50. The second kappa shape index (κ2) is 7.50. The lowest BCUT2D eigenvalue weighted by Gasteiger charge is -2.09. The lowest BCUT2D eigenvalue weighted by molar-refractivity contribution is -0.122. The average Bonchev–Trinajstić information content (AvgIpc) is 3.12. The van der Waals surface area contributed by atoms with E-state index in [2.05, 4.69) is 10.4 Å². The van der Waals surface area contributed by atoms with Crippen molar-refractivity contribution >= 4 is 34.5 Å². The Morgan fingerprint density at radius 1 is 1.28 bits per heavy atom. The minimum Gasteiger partial charge on any atom is -0.394 e. The Bertz CT molecular complexity index is 954. The van der Waals surface area contributed by atoms with Crippen LogP contribution in [-0.2, 0) is 17.9 Å². The molecule has 0 saturated carbocycles. The number of carbonyl (C=O) groups excluding carboxylic acids is 1. The van der Waals surface area contributed by atoms with Gasteiger partial charge in [-0.2, -0.15) is 5.10 Å². The van der Waals surface area contributed by atoms with Gasteiger partial charge in [0.25, 0.3) is 5.56 Å². The molecule has 0 aliphatic carbocycles. The summed E-state index contributed by atoms with van der Waals surface area (Å²) in [5.41, 5.74) is 6.69. The fourth-order valence-corrected chi connectivity index (χ4v) is 3.13. The number of thiophene rings is 1. The molecule has 0 atom stereocenters. The molecule has 8 heteroatoms. The molecule has 6 nitrogen and oxygen atoms in total. The second-order valence-electron chi connectivity index (χ2n) is 5.29. The summed E-state index contributed by atoms with van der Waals surface area (Å²) in [6.07, 6.45) is 0. The Balaban J connectivity index is 1.75. The lowest BCUT2D eigenvalue weighted by atomic mass is 10.2. The van der Waals surface area contributed by atoms with E-state index >= 15 is 0 Å². The molecule has 0 radical (unpaired) electrons. The van der Waals surface area contributed by atoms with Gasteiger partial charge in [0.15, 0.2) is 0 Å². The highest BCUT2D eigenvalue weighted by Gasteiger charge is 2.12. The zero-order chi connectivity index (χ0) is 17.8. The number of nitrogen functional groups attached to an aromatic ring is 1. The molecule has 3 rings (SSSR count). The maximum Gasteiger partial charge on any atom is 0.290 e. The Morgan fingerprint density at radius 3 is 2.80 bits per heavy atom. The van der Waals surface area contributed by atoms with E-state index in [9.17, 15) is 9.59 Å². The first-order valence-corrected chi connectivity index (χ1v) is 8.72. The number of rotatable bonds is 5. The summed E-state index contributed by atoms with van der Waals surface area (Å²) < 4.78 is 1.08. The van der Waals surface area contributed by atoms with Crippen LogP contribution in [0.15, 0.2) is 52.6 Å². The van der Waals surface area contributed by atoms with Crippen molar-refractivity contribution < 1.29 is 4.79 Å². The van der Waals surface area contributed by atoms with E-state index in [1.54, 1.807) is 6.07 Å². The summed E-state index contributed by atoms with van der Waals surface area (Å²) >= 11 is 7.54. The van der Waals surface area contributed by atoms with E-state index in [1.165, 1.54) is 17.4 Å². The van der Waals surface area contributed by atoms with Gasteiger partial charge in [-0.3, -0.25) is 9.59 Å². The highest BCUT2D eigenvalue weighted by atomic mass is 35.5. The van der Waals surface area contributed by atoms with Gasteiger partial charge in [0.05, 0.1) is 4.88 Å². The summed E-state index contributed by atoms with van der Waals surface area (Å²) in [6, 6.07) is 12.5. The number of nitrogens with one attached hydrogen (secondary N) is 1. The molecule has 2 aromatic heterocycles. The molecule has 0 bridgehead atoms. The van der Waals surface area contributed by atoms with Crippen molar-refractivity contribution in [3.05, 3.63) is 68.8 Å². The molecule has 0 unspecified atom stereocenters. The van der Waals surface area contributed by atoms with Crippen LogP contribution in [0.3, 0.4) is 0 Å². The molecule has 3 N–H and O–H groups in total. The minimum absolute atomic E-state index is 0.0531. The van der Waals surface area contributed by atoms with Gasteiger partial charge >= 0.3 is 0 Å². The quantitative estimate of drug-likeness (QED) is 0.718. The second-order valence-corrected chi connectivity index (χ2v) is 6.65. The number of nitrogens with zero attached hydrogens (tertiary/aromatic N) is 2. The summed E-state index contributed by atoms with van der Waals surface area (Å²) in [5.74, 6) is -0.350. The van der Waals surface area contributed by atoms with Gasteiger partial charge in [-0.15, -0.1) is 11.3 Å². The van der Waals surface area contributed by atoms with Crippen LogP contribution in [0, 0.1) is 0 Å². The van der Waals surface area contributed by atoms with Crippen LogP contribution in [-0.4, -0.2) is 15.7 Å². The molecule has 1 aromatic carbocycles. The monoisotopic (exact) mass is 374 g/mol. The summed E-state index contributed by atoms with van der Waals surface area (Å²) in [7, 11) is 0. The van der Waals surface area contributed by atoms with Gasteiger partial charge in [0.1, 0.15) is 17.9 Å². The Hall–Kier alpha value is -2.64. The van der Waals surface area contributed by atoms with Crippen LogP contribution in [0.4, 0.5) is 5.69 Å². The first-order chi connectivity index (χ1) is 12.0. The van der Waals surface area contributed by atoms with Crippen molar-refractivity contribution in [2.45, 2.75) is 13.1 Å². The van der Waals surface area contributed by atoms with E-state index in [-0.39, 0.29) is 24.7 Å². The zero-order valence-electron chi connectivity index (χ0n) is 13.1. The van der Waals surface area contributed by atoms with E-state index < -0.39 is 5.56 Å². The molecular formula is C17H15ClN4O2S. The summed E-state index contributed by atoms with van der Waals surface area (Å²) in [6.45, 7) is 0.0556. The average molecular weight is 375 g/mol. The van der Waals surface area contributed by atoms with Crippen molar-refractivity contribution in [3.8, 4) is 10.6 Å². The molecule has 2 heterocycles. The van der Waals surface area contributed by atoms with Crippen LogP contribution in [0.5, 0.6) is 0 Å². The Labute approximate surface area is 152 Å². The molecule has 128 valence electrons. The highest BCUT2D eigenvalue weighted by Crippen LogP contribution is 2.22. The van der Waals surface area contributed by atoms with E-state index in [0.29, 0.717) is 10.7 Å². The van der Waals surface area contributed by atoms with Crippen molar-refractivity contribution in [1.82, 2.24) is 15.1 Å². The Kier molecular flexibility index (Phi) is 5.16. The zero-order valence-corrected chi connectivity index (χ0v) is 14.7. The maximum atomic E-state index is 12.2. The van der Waals surface area contributed by atoms with Crippen LogP contribution >= 0.6 is 22.9 Å². The lowest BCUT2D eigenvalue weighted by Crippen LogP contribution is -2.34. The van der Waals surface area contributed by atoms with Gasteiger partial charge < -0.3 is 11.1 Å². The van der Waals surface area contributed by atoms with Gasteiger partial charge in [-0.05, 0) is 29.1 Å². The van der Waals surface area contributed by atoms with Crippen LogP contribution in [0.25, 0.3) is 10.6 Å². The number of amides is 1. The number of benzene rings is 1. The van der Waals surface area contributed by atoms with Gasteiger partial charge in [0.2, 0.25) is 5.91 Å². The third-order valence-corrected chi connectivity index (χ3v) is 4.76. The smallest absolute Gasteiger partial charge is 0.290 e. The number of halogens is 1. The first kappa shape index (κ1) is 17.2. The van der Waals surface area contributed by atoms with Crippen molar-refractivity contribution in [3.63, 3.8) is 0 Å². The maximum absolute atomic E-state index is 12.2. The van der Waals surface area contributed by atoms with Crippen molar-refractivity contribution in [2.75, 3.05) is 5.73 Å².